The second-order valence-electron chi connectivity index (χ2n) is 5.03. The van der Waals surface area contributed by atoms with Crippen molar-refractivity contribution in [2.75, 3.05) is 13.2 Å². The topological polar surface area (TPSA) is 115 Å². The number of nitrogens with one attached hydrogen (secondary N) is 2. The number of carbonyl (C=O) groups is 1. The molecule has 2 N–H and O–H groups in total. The minimum absolute atomic E-state index is 0.108. The fourth-order valence-electron chi connectivity index (χ4n) is 2.13. The van der Waals surface area contributed by atoms with Crippen molar-refractivity contribution in [1.82, 2.24) is 25.9 Å². The van der Waals surface area contributed by atoms with Crippen LogP contribution < -0.4 is 10.6 Å². The third-order valence-electron chi connectivity index (χ3n) is 3.24. The minimum atomic E-state index is -0.299. The van der Waals surface area contributed by atoms with Gasteiger partial charge in [0.05, 0.1) is 12.6 Å². The van der Waals surface area contributed by atoms with Gasteiger partial charge in [0.1, 0.15) is 5.76 Å². The lowest BCUT2D eigenvalue weighted by Gasteiger charge is -2.10. The largest absolute Gasteiger partial charge is 0.376 e. The van der Waals surface area contributed by atoms with E-state index in [2.05, 4.69) is 25.9 Å². The molecule has 1 aliphatic rings. The van der Waals surface area contributed by atoms with Crippen LogP contribution in [0.1, 0.15) is 24.5 Å². The van der Waals surface area contributed by atoms with E-state index in [4.69, 9.17) is 13.8 Å². The molecule has 2 aromatic heterocycles. The van der Waals surface area contributed by atoms with Crippen molar-refractivity contribution < 1.29 is 18.6 Å². The molecule has 0 radical (unpaired) electrons. The van der Waals surface area contributed by atoms with E-state index < -0.39 is 0 Å². The van der Waals surface area contributed by atoms with Crippen molar-refractivity contribution in [1.29, 1.82) is 0 Å². The third kappa shape index (κ3) is 3.61. The number of rotatable bonds is 5. The van der Waals surface area contributed by atoms with E-state index in [1.165, 1.54) is 0 Å². The Morgan fingerprint density at radius 2 is 2.27 bits per heavy atom. The third-order valence-corrected chi connectivity index (χ3v) is 3.24. The number of carbonyl (C=O) groups excluding carboxylic acids is 1. The van der Waals surface area contributed by atoms with Crippen LogP contribution in [-0.4, -0.2) is 40.6 Å². The molecule has 0 unspecified atom stereocenters. The SMILES string of the molecule is Cc1cc(-c2noc(CNC(=O)NC[C@H]3CCCO3)n2)no1. The van der Waals surface area contributed by atoms with Gasteiger partial charge < -0.3 is 24.4 Å². The molecule has 1 aliphatic heterocycles. The Kier molecular flexibility index (Phi) is 4.33. The maximum atomic E-state index is 11.7. The fraction of sp³-hybridized carbons (Fsp3) is 0.538. The maximum Gasteiger partial charge on any atom is 0.315 e. The van der Waals surface area contributed by atoms with Gasteiger partial charge in [-0.15, -0.1) is 0 Å². The van der Waals surface area contributed by atoms with Crippen molar-refractivity contribution in [3.63, 3.8) is 0 Å². The van der Waals surface area contributed by atoms with E-state index in [9.17, 15) is 4.79 Å². The molecular formula is C13H17N5O4. The Balaban J connectivity index is 1.45. The summed E-state index contributed by atoms with van der Waals surface area (Å²) < 4.78 is 15.4. The van der Waals surface area contributed by atoms with E-state index in [0.717, 1.165) is 19.4 Å². The van der Waals surface area contributed by atoms with Crippen molar-refractivity contribution in [2.45, 2.75) is 32.4 Å². The van der Waals surface area contributed by atoms with Gasteiger partial charge in [0.15, 0.2) is 5.69 Å². The maximum absolute atomic E-state index is 11.7. The Labute approximate surface area is 126 Å². The highest BCUT2D eigenvalue weighted by molar-refractivity contribution is 5.73. The Morgan fingerprint density at radius 1 is 1.36 bits per heavy atom. The average Bonchev–Trinajstić information content (AvgIpc) is 3.24. The van der Waals surface area contributed by atoms with Gasteiger partial charge in [0.25, 0.3) is 0 Å². The highest BCUT2D eigenvalue weighted by Gasteiger charge is 2.17. The average molecular weight is 307 g/mol. The lowest BCUT2D eigenvalue weighted by molar-refractivity contribution is 0.111. The van der Waals surface area contributed by atoms with Crippen LogP contribution in [0.5, 0.6) is 0 Å². The first-order chi connectivity index (χ1) is 10.7. The first-order valence-electron chi connectivity index (χ1n) is 7.10. The van der Waals surface area contributed by atoms with E-state index in [1.54, 1.807) is 13.0 Å². The van der Waals surface area contributed by atoms with Gasteiger partial charge in [-0.25, -0.2) is 4.79 Å². The van der Waals surface area contributed by atoms with Crippen LogP contribution in [-0.2, 0) is 11.3 Å². The van der Waals surface area contributed by atoms with Gasteiger partial charge in [-0.2, -0.15) is 4.98 Å². The number of ether oxygens (including phenoxy) is 1. The molecule has 0 saturated carbocycles. The van der Waals surface area contributed by atoms with Crippen LogP contribution in [0.15, 0.2) is 15.1 Å². The van der Waals surface area contributed by atoms with Gasteiger partial charge >= 0.3 is 6.03 Å². The first-order valence-corrected chi connectivity index (χ1v) is 7.10. The van der Waals surface area contributed by atoms with Crippen LogP contribution in [0.2, 0.25) is 0 Å². The van der Waals surface area contributed by atoms with Crippen LogP contribution in [0, 0.1) is 6.92 Å². The number of amides is 2. The molecule has 2 aromatic rings. The van der Waals surface area contributed by atoms with Crippen molar-refractivity contribution in [3.05, 3.63) is 17.7 Å². The molecule has 1 saturated heterocycles. The Morgan fingerprint density at radius 3 is 3.00 bits per heavy atom. The van der Waals surface area contributed by atoms with E-state index in [0.29, 0.717) is 29.7 Å². The fourth-order valence-corrected chi connectivity index (χ4v) is 2.13. The molecule has 118 valence electrons. The highest BCUT2D eigenvalue weighted by Crippen LogP contribution is 2.15. The Bertz CT molecular complexity index is 632. The summed E-state index contributed by atoms with van der Waals surface area (Å²) in [6, 6.07) is 1.41. The molecule has 2 amide bonds. The van der Waals surface area contributed by atoms with Crippen molar-refractivity contribution in [3.8, 4) is 11.5 Å². The summed E-state index contributed by atoms with van der Waals surface area (Å²) in [6.45, 7) is 3.18. The summed E-state index contributed by atoms with van der Waals surface area (Å²) in [4.78, 5) is 15.8. The van der Waals surface area contributed by atoms with E-state index in [-0.39, 0.29) is 18.7 Å². The summed E-state index contributed by atoms with van der Waals surface area (Å²) >= 11 is 0. The highest BCUT2D eigenvalue weighted by atomic mass is 16.5. The standard InChI is InChI=1S/C13H17N5O4/c1-8-5-10(17-21-8)12-16-11(22-18-12)7-15-13(19)14-6-9-3-2-4-20-9/h5,9H,2-4,6-7H2,1H3,(H2,14,15,19)/t9-/m1/s1. The van der Waals surface area contributed by atoms with Crippen molar-refractivity contribution >= 4 is 6.03 Å². The smallest absolute Gasteiger partial charge is 0.315 e. The molecule has 22 heavy (non-hydrogen) atoms. The number of hydrogen-bond donors (Lipinski definition) is 2. The molecule has 9 heteroatoms. The first kappa shape index (κ1) is 14.5. The molecule has 9 nitrogen and oxygen atoms in total. The van der Waals surface area contributed by atoms with Crippen LogP contribution in [0.4, 0.5) is 4.79 Å². The second-order valence-corrected chi connectivity index (χ2v) is 5.03. The number of urea groups is 1. The summed E-state index contributed by atoms with van der Waals surface area (Å²) in [6.07, 6.45) is 2.13. The van der Waals surface area contributed by atoms with E-state index in [1.807, 2.05) is 0 Å². The quantitative estimate of drug-likeness (QED) is 0.847. The normalized spacial score (nSPS) is 17.6. The molecular weight excluding hydrogens is 290 g/mol. The number of aromatic nitrogens is 3. The summed E-state index contributed by atoms with van der Waals surface area (Å²) in [5.41, 5.74) is 0.496. The van der Waals surface area contributed by atoms with Gasteiger partial charge in [-0.05, 0) is 19.8 Å². The van der Waals surface area contributed by atoms with Gasteiger partial charge in [0, 0.05) is 19.2 Å². The van der Waals surface area contributed by atoms with Crippen LogP contribution >= 0.6 is 0 Å². The molecule has 3 heterocycles. The lowest BCUT2D eigenvalue weighted by atomic mass is 10.2. The number of aryl methyl sites for hydroxylation is 1. The summed E-state index contributed by atoms with van der Waals surface area (Å²) in [7, 11) is 0. The molecule has 0 bridgehead atoms. The predicted molar refractivity (Wildman–Crippen MR) is 73.7 cm³/mol. The predicted octanol–water partition coefficient (Wildman–Crippen LogP) is 1.01. The lowest BCUT2D eigenvalue weighted by Crippen LogP contribution is -2.39. The molecule has 0 spiro atoms. The zero-order chi connectivity index (χ0) is 15.4. The molecule has 1 atom stereocenters. The van der Waals surface area contributed by atoms with Crippen molar-refractivity contribution in [2.24, 2.45) is 0 Å². The molecule has 0 aromatic carbocycles. The molecule has 0 aliphatic carbocycles. The van der Waals surface area contributed by atoms with Gasteiger partial charge in [-0.1, -0.05) is 10.3 Å². The summed E-state index contributed by atoms with van der Waals surface area (Å²) in [5.74, 6) is 1.28. The van der Waals surface area contributed by atoms with E-state index >= 15 is 0 Å². The number of nitrogens with zero attached hydrogens (tertiary/aromatic N) is 3. The van der Waals surface area contributed by atoms with Crippen LogP contribution in [0.25, 0.3) is 11.5 Å². The van der Waals surface area contributed by atoms with Gasteiger partial charge in [0.2, 0.25) is 11.7 Å². The second kappa shape index (κ2) is 6.56. The number of hydrogen-bond acceptors (Lipinski definition) is 7. The zero-order valence-corrected chi connectivity index (χ0v) is 12.2. The monoisotopic (exact) mass is 307 g/mol. The Hall–Kier alpha value is -2.42. The zero-order valence-electron chi connectivity index (χ0n) is 12.2. The molecule has 3 rings (SSSR count). The summed E-state index contributed by atoms with van der Waals surface area (Å²) in [5, 5.41) is 13.0. The van der Waals surface area contributed by atoms with Crippen LogP contribution in [0.3, 0.4) is 0 Å². The minimum Gasteiger partial charge on any atom is -0.376 e. The van der Waals surface area contributed by atoms with Gasteiger partial charge in [-0.3, -0.25) is 0 Å². The molecule has 1 fully saturated rings.